The molecule has 0 bridgehead atoms. The van der Waals surface area contributed by atoms with Gasteiger partial charge in [0.25, 0.3) is 0 Å². The molecule has 4 rings (SSSR count). The van der Waals surface area contributed by atoms with Crippen LogP contribution in [-0.4, -0.2) is 23.2 Å². The predicted octanol–water partition coefficient (Wildman–Crippen LogP) is 4.36. The highest BCUT2D eigenvalue weighted by Crippen LogP contribution is 2.36. The highest BCUT2D eigenvalue weighted by Gasteiger charge is 2.26. The minimum absolute atomic E-state index is 0.854. The van der Waals surface area contributed by atoms with E-state index in [-0.39, 0.29) is 0 Å². The zero-order valence-electron chi connectivity index (χ0n) is 10.1. The second-order valence-corrected chi connectivity index (χ2v) is 6.97. The molecule has 2 nitrogen and oxygen atoms in total. The van der Waals surface area contributed by atoms with Crippen LogP contribution >= 0.6 is 34.7 Å². The molecule has 96 valence electrons. The molecule has 0 saturated heterocycles. The van der Waals surface area contributed by atoms with Crippen molar-refractivity contribution < 1.29 is 0 Å². The quantitative estimate of drug-likeness (QED) is 0.819. The Morgan fingerprint density at radius 3 is 3.21 bits per heavy atom. The maximum absolute atomic E-state index is 6.24. The third-order valence-corrected chi connectivity index (χ3v) is 5.91. The molecule has 0 radical (unpaired) electrons. The first-order valence-electron chi connectivity index (χ1n) is 6.16. The first-order chi connectivity index (χ1) is 9.31. The van der Waals surface area contributed by atoms with Crippen molar-refractivity contribution in [2.24, 2.45) is 4.99 Å². The summed E-state index contributed by atoms with van der Waals surface area (Å²) < 4.78 is 1.20. The zero-order chi connectivity index (χ0) is 12.8. The summed E-state index contributed by atoms with van der Waals surface area (Å²) in [6.45, 7) is 1.96. The second kappa shape index (κ2) is 4.54. The summed E-state index contributed by atoms with van der Waals surface area (Å²) in [6.07, 6.45) is 0.974. The molecular weight excluding hydrogens is 296 g/mol. The van der Waals surface area contributed by atoms with Crippen LogP contribution in [-0.2, 0) is 6.42 Å². The van der Waals surface area contributed by atoms with Crippen LogP contribution in [0.1, 0.15) is 4.88 Å². The highest BCUT2D eigenvalue weighted by atomic mass is 35.5. The number of rotatable bonds is 2. The summed E-state index contributed by atoms with van der Waals surface area (Å²) in [7, 11) is 0. The molecule has 2 aliphatic rings. The molecule has 0 saturated carbocycles. The van der Waals surface area contributed by atoms with Gasteiger partial charge < -0.3 is 4.90 Å². The van der Waals surface area contributed by atoms with E-state index in [2.05, 4.69) is 27.4 Å². The molecule has 0 amide bonds. The topological polar surface area (TPSA) is 15.6 Å². The van der Waals surface area contributed by atoms with Gasteiger partial charge in [0, 0.05) is 23.5 Å². The number of hydrogen-bond donors (Lipinski definition) is 0. The van der Waals surface area contributed by atoms with Gasteiger partial charge in [-0.3, -0.25) is 4.99 Å². The van der Waals surface area contributed by atoms with Crippen molar-refractivity contribution in [2.75, 3.05) is 13.1 Å². The molecule has 2 aliphatic heterocycles. The van der Waals surface area contributed by atoms with E-state index in [1.807, 2.05) is 12.1 Å². The Hall–Kier alpha value is -0.970. The average molecular weight is 307 g/mol. The smallest absolute Gasteiger partial charge is 0.167 e. The Morgan fingerprint density at radius 1 is 1.37 bits per heavy atom. The number of halogens is 1. The van der Waals surface area contributed by atoms with Crippen molar-refractivity contribution in [2.45, 2.75) is 6.42 Å². The van der Waals surface area contributed by atoms with Gasteiger partial charge in [-0.25, -0.2) is 0 Å². The number of nitrogens with zero attached hydrogens (tertiary/aromatic N) is 2. The Labute approximate surface area is 124 Å². The lowest BCUT2D eigenvalue weighted by Gasteiger charge is -2.15. The van der Waals surface area contributed by atoms with Gasteiger partial charge in [0.2, 0.25) is 0 Å². The van der Waals surface area contributed by atoms with Crippen LogP contribution in [0.25, 0.3) is 10.1 Å². The largest absolute Gasteiger partial charge is 0.322 e. The molecule has 1 aromatic heterocycles. The molecule has 5 heteroatoms. The van der Waals surface area contributed by atoms with Gasteiger partial charge in [0.1, 0.15) is 0 Å². The Kier molecular flexibility index (Phi) is 2.83. The first kappa shape index (κ1) is 11.8. The number of benzene rings is 1. The van der Waals surface area contributed by atoms with E-state index < -0.39 is 0 Å². The third-order valence-electron chi connectivity index (χ3n) is 3.35. The number of allylic oxidation sites excluding steroid dienone is 1. The van der Waals surface area contributed by atoms with Crippen LogP contribution in [0.3, 0.4) is 0 Å². The van der Waals surface area contributed by atoms with E-state index in [1.54, 1.807) is 23.1 Å². The third kappa shape index (κ3) is 1.98. The van der Waals surface area contributed by atoms with E-state index in [4.69, 9.17) is 11.6 Å². The molecular formula is C14H11ClN2S2. The normalized spacial score (nSPS) is 17.8. The lowest BCUT2D eigenvalue weighted by molar-refractivity contribution is 0.561. The van der Waals surface area contributed by atoms with Crippen molar-refractivity contribution in [1.29, 1.82) is 0 Å². The average Bonchev–Trinajstić information content (AvgIpc) is 3.07. The highest BCUT2D eigenvalue weighted by molar-refractivity contribution is 8.16. The van der Waals surface area contributed by atoms with E-state index in [9.17, 15) is 0 Å². The minimum Gasteiger partial charge on any atom is -0.322 e. The molecule has 0 N–H and O–H groups in total. The van der Waals surface area contributed by atoms with Crippen molar-refractivity contribution in [3.8, 4) is 0 Å². The maximum atomic E-state index is 6.24. The van der Waals surface area contributed by atoms with E-state index in [1.165, 1.54) is 20.7 Å². The monoisotopic (exact) mass is 306 g/mol. The van der Waals surface area contributed by atoms with Crippen molar-refractivity contribution >= 4 is 50.0 Å². The van der Waals surface area contributed by atoms with Crippen LogP contribution in [0, 0.1) is 0 Å². The molecule has 0 unspecified atom stereocenters. The lowest BCUT2D eigenvalue weighted by Crippen LogP contribution is -2.21. The number of thiophene rings is 1. The minimum atomic E-state index is 0.854. The number of thioether (sulfide) groups is 1. The predicted molar refractivity (Wildman–Crippen MR) is 85.2 cm³/mol. The lowest BCUT2D eigenvalue weighted by atomic mass is 10.2. The van der Waals surface area contributed by atoms with Gasteiger partial charge in [-0.15, -0.1) is 11.3 Å². The molecule has 19 heavy (non-hydrogen) atoms. The molecule has 1 aromatic carbocycles. The van der Waals surface area contributed by atoms with Crippen LogP contribution in [0.2, 0.25) is 5.02 Å². The summed E-state index contributed by atoms with van der Waals surface area (Å²) >= 11 is 9.78. The van der Waals surface area contributed by atoms with Gasteiger partial charge in [0.15, 0.2) is 5.17 Å². The molecule has 0 fully saturated rings. The molecule has 3 heterocycles. The maximum Gasteiger partial charge on any atom is 0.167 e. The second-order valence-electron chi connectivity index (χ2n) is 4.59. The zero-order valence-corrected chi connectivity index (χ0v) is 12.5. The van der Waals surface area contributed by atoms with Gasteiger partial charge >= 0.3 is 0 Å². The van der Waals surface area contributed by atoms with Gasteiger partial charge in [-0.1, -0.05) is 35.5 Å². The summed E-state index contributed by atoms with van der Waals surface area (Å²) in [5, 5.41) is 5.49. The fourth-order valence-electron chi connectivity index (χ4n) is 2.46. The van der Waals surface area contributed by atoms with Gasteiger partial charge in [-0.05, 0) is 22.9 Å². The molecule has 0 aliphatic carbocycles. The van der Waals surface area contributed by atoms with Crippen LogP contribution in [0.15, 0.2) is 40.4 Å². The number of aliphatic imine (C=N–C) groups is 1. The van der Waals surface area contributed by atoms with E-state index in [0.717, 1.165) is 29.7 Å². The summed E-state index contributed by atoms with van der Waals surface area (Å²) in [5.74, 6) is 0. The SMILES string of the molecule is Clc1cccc2cc(CC3=CSC4=NCCN34)sc12. The molecule has 0 atom stereocenters. The Bertz CT molecular complexity index is 717. The Balaban J connectivity index is 1.65. The Morgan fingerprint density at radius 2 is 2.32 bits per heavy atom. The first-order valence-corrected chi connectivity index (χ1v) is 8.23. The fraction of sp³-hybridized carbons (Fsp3) is 0.214. The van der Waals surface area contributed by atoms with Crippen LogP contribution in [0.4, 0.5) is 0 Å². The molecule has 2 aromatic rings. The number of hydrogen-bond acceptors (Lipinski definition) is 4. The van der Waals surface area contributed by atoms with Crippen molar-refractivity contribution in [1.82, 2.24) is 4.90 Å². The van der Waals surface area contributed by atoms with Gasteiger partial charge in [0.05, 0.1) is 16.3 Å². The van der Waals surface area contributed by atoms with Crippen molar-refractivity contribution in [3.63, 3.8) is 0 Å². The number of fused-ring (bicyclic) bond motifs is 2. The van der Waals surface area contributed by atoms with E-state index >= 15 is 0 Å². The number of amidine groups is 1. The summed E-state index contributed by atoms with van der Waals surface area (Å²) in [4.78, 5) is 8.18. The summed E-state index contributed by atoms with van der Waals surface area (Å²) in [5.41, 5.74) is 1.36. The molecule has 0 spiro atoms. The standard InChI is InChI=1S/C14H11ClN2S2/c15-12-3-1-2-9-6-11(19-13(9)12)7-10-8-18-14-16-4-5-17(10)14/h1-3,6,8H,4-5,7H2. The van der Waals surface area contributed by atoms with Crippen molar-refractivity contribution in [3.05, 3.63) is 45.3 Å². The van der Waals surface area contributed by atoms with E-state index in [0.29, 0.717) is 0 Å². The summed E-state index contributed by atoms with van der Waals surface area (Å²) in [6, 6.07) is 8.35. The van der Waals surface area contributed by atoms with Crippen LogP contribution in [0.5, 0.6) is 0 Å². The fourth-order valence-corrected chi connectivity index (χ4v) is 4.79. The van der Waals surface area contributed by atoms with Crippen LogP contribution < -0.4 is 0 Å². The van der Waals surface area contributed by atoms with Gasteiger partial charge in [-0.2, -0.15) is 0 Å².